The maximum atomic E-state index is 14.9. The molecule has 1 heterocycles. The number of alkyl halides is 2. The highest BCUT2D eigenvalue weighted by molar-refractivity contribution is 7.90. The number of aromatic nitrogens is 2. The monoisotopic (exact) mass is 494 g/mol. The van der Waals surface area contributed by atoms with Gasteiger partial charge in [0.25, 0.3) is 0 Å². The Balaban J connectivity index is 1.80. The van der Waals surface area contributed by atoms with E-state index < -0.39 is 22.3 Å². The van der Waals surface area contributed by atoms with Gasteiger partial charge in [-0.05, 0) is 48.9 Å². The number of aryl methyl sites for hydroxylation is 1. The van der Waals surface area contributed by atoms with Crippen molar-refractivity contribution in [2.24, 2.45) is 0 Å². The van der Waals surface area contributed by atoms with Gasteiger partial charge in [-0.3, -0.25) is 0 Å². The van der Waals surface area contributed by atoms with Gasteiger partial charge in [-0.25, -0.2) is 17.8 Å². The molecule has 10 heteroatoms. The Morgan fingerprint density at radius 1 is 1.09 bits per heavy atom. The zero-order chi connectivity index (χ0) is 23.9. The van der Waals surface area contributed by atoms with Crippen molar-refractivity contribution in [2.45, 2.75) is 25.0 Å². The van der Waals surface area contributed by atoms with Gasteiger partial charge in [0.1, 0.15) is 17.4 Å². The fraction of sp³-hybridized carbons (Fsp3) is 0.174. The van der Waals surface area contributed by atoms with Crippen LogP contribution in [-0.2, 0) is 16.4 Å². The summed E-state index contributed by atoms with van der Waals surface area (Å²) in [4.78, 5) is 4.51. The molecule has 3 aromatic carbocycles. The minimum absolute atomic E-state index is 0.0191. The van der Waals surface area contributed by atoms with Gasteiger partial charge in [-0.2, -0.15) is 8.78 Å². The number of ether oxygens (including phenoxy) is 1. The maximum Gasteiger partial charge on any atom is 0.387 e. The highest BCUT2D eigenvalue weighted by Crippen LogP contribution is 2.31. The molecule has 0 saturated carbocycles. The van der Waals surface area contributed by atoms with Crippen LogP contribution in [-0.4, -0.2) is 30.8 Å². The first-order valence-corrected chi connectivity index (χ1v) is 12.0. The van der Waals surface area contributed by atoms with Gasteiger partial charge in [0, 0.05) is 28.5 Å². The molecule has 0 aliphatic heterocycles. The van der Waals surface area contributed by atoms with Crippen molar-refractivity contribution in [1.82, 2.24) is 9.55 Å². The molecule has 0 unspecified atom stereocenters. The van der Waals surface area contributed by atoms with E-state index in [2.05, 4.69) is 9.72 Å². The molecule has 0 fully saturated rings. The van der Waals surface area contributed by atoms with Crippen LogP contribution in [0.15, 0.2) is 59.5 Å². The zero-order valence-corrected chi connectivity index (χ0v) is 19.1. The molecule has 0 spiro atoms. The standard InChI is InChI=1S/C23H18ClF3N2O3S/c1-13-28-20-11-19(25)18(14-3-6-17(7-4-14)33(2,30)31)10-21(20)29(13)12-15-9-16(24)5-8-22(15)32-23(26)27/h3-11,23H,12H2,1-2H3. The minimum atomic E-state index is -3.38. The average Bonchev–Trinajstić information content (AvgIpc) is 3.02. The Hall–Kier alpha value is -3.04. The smallest absolute Gasteiger partial charge is 0.387 e. The van der Waals surface area contributed by atoms with E-state index in [1.807, 2.05) is 0 Å². The summed E-state index contributed by atoms with van der Waals surface area (Å²) in [5.74, 6) is -0.00460. The summed E-state index contributed by atoms with van der Waals surface area (Å²) in [5, 5.41) is 0.353. The quantitative estimate of drug-likeness (QED) is 0.337. The Morgan fingerprint density at radius 2 is 1.79 bits per heavy atom. The highest BCUT2D eigenvalue weighted by Gasteiger charge is 2.17. The number of hydrogen-bond donors (Lipinski definition) is 0. The largest absolute Gasteiger partial charge is 0.434 e. The molecule has 0 radical (unpaired) electrons. The zero-order valence-electron chi connectivity index (χ0n) is 17.5. The SMILES string of the molecule is Cc1nc2cc(F)c(-c3ccc(S(C)(=O)=O)cc3)cc2n1Cc1cc(Cl)ccc1OC(F)F. The molecular weight excluding hydrogens is 477 g/mol. The van der Waals surface area contributed by atoms with Crippen LogP contribution >= 0.6 is 11.6 Å². The summed E-state index contributed by atoms with van der Waals surface area (Å²) in [6.07, 6.45) is 1.10. The molecule has 5 nitrogen and oxygen atoms in total. The summed E-state index contributed by atoms with van der Waals surface area (Å²) in [7, 11) is -3.38. The van der Waals surface area contributed by atoms with Crippen LogP contribution in [0.3, 0.4) is 0 Å². The van der Waals surface area contributed by atoms with Crippen LogP contribution in [0, 0.1) is 12.7 Å². The van der Waals surface area contributed by atoms with Crippen molar-refractivity contribution in [1.29, 1.82) is 0 Å². The Bertz CT molecular complexity index is 1450. The molecule has 1 aromatic heterocycles. The number of sulfone groups is 1. The second kappa shape index (κ2) is 8.72. The van der Waals surface area contributed by atoms with Gasteiger partial charge in [0.15, 0.2) is 9.84 Å². The second-order valence-corrected chi connectivity index (χ2v) is 9.95. The van der Waals surface area contributed by atoms with Crippen molar-refractivity contribution < 1.29 is 26.3 Å². The van der Waals surface area contributed by atoms with Crippen LogP contribution in [0.4, 0.5) is 13.2 Å². The van der Waals surface area contributed by atoms with Gasteiger partial charge >= 0.3 is 6.61 Å². The molecule has 0 saturated heterocycles. The Kier molecular flexibility index (Phi) is 6.11. The summed E-state index contributed by atoms with van der Waals surface area (Å²) in [5.41, 5.74) is 2.10. The molecular formula is C23H18ClF3N2O3S. The molecule has 0 atom stereocenters. The average molecular weight is 495 g/mol. The Morgan fingerprint density at radius 3 is 2.42 bits per heavy atom. The van der Waals surface area contributed by atoms with E-state index in [0.717, 1.165) is 6.26 Å². The van der Waals surface area contributed by atoms with Crippen molar-refractivity contribution in [3.05, 3.63) is 76.8 Å². The molecule has 0 bridgehead atoms. The molecule has 0 amide bonds. The molecule has 0 aliphatic rings. The van der Waals surface area contributed by atoms with E-state index in [0.29, 0.717) is 33.0 Å². The molecule has 0 aliphatic carbocycles. The number of imidazole rings is 1. The van der Waals surface area contributed by atoms with Crippen molar-refractivity contribution in [3.8, 4) is 16.9 Å². The lowest BCUT2D eigenvalue weighted by molar-refractivity contribution is -0.0504. The lowest BCUT2D eigenvalue weighted by Gasteiger charge is -2.14. The van der Waals surface area contributed by atoms with E-state index >= 15 is 0 Å². The minimum Gasteiger partial charge on any atom is -0.434 e. The number of halogens is 4. The number of hydrogen-bond acceptors (Lipinski definition) is 4. The third-order valence-corrected chi connectivity index (χ3v) is 6.55. The molecule has 33 heavy (non-hydrogen) atoms. The third kappa shape index (κ3) is 4.84. The third-order valence-electron chi connectivity index (χ3n) is 5.19. The fourth-order valence-electron chi connectivity index (χ4n) is 3.62. The molecule has 4 aromatic rings. The highest BCUT2D eigenvalue weighted by atomic mass is 35.5. The fourth-order valence-corrected chi connectivity index (χ4v) is 4.45. The van der Waals surface area contributed by atoms with Gasteiger partial charge in [-0.1, -0.05) is 23.7 Å². The number of fused-ring (bicyclic) bond motifs is 1. The molecule has 172 valence electrons. The van der Waals surface area contributed by atoms with E-state index in [-0.39, 0.29) is 22.8 Å². The van der Waals surface area contributed by atoms with Gasteiger partial charge in [-0.15, -0.1) is 0 Å². The maximum absolute atomic E-state index is 14.9. The van der Waals surface area contributed by atoms with Crippen LogP contribution in [0.1, 0.15) is 11.4 Å². The summed E-state index contributed by atoms with van der Waals surface area (Å²) >= 11 is 6.06. The van der Waals surface area contributed by atoms with E-state index in [1.165, 1.54) is 48.5 Å². The lowest BCUT2D eigenvalue weighted by atomic mass is 10.0. The first-order chi connectivity index (χ1) is 15.5. The normalized spacial score (nSPS) is 12.0. The summed E-state index contributed by atoms with van der Waals surface area (Å²) < 4.78 is 70.4. The van der Waals surface area contributed by atoms with Crippen LogP contribution in [0.5, 0.6) is 5.75 Å². The topological polar surface area (TPSA) is 61.2 Å². The lowest BCUT2D eigenvalue weighted by Crippen LogP contribution is -2.08. The van der Waals surface area contributed by atoms with Gasteiger partial charge in [0.2, 0.25) is 0 Å². The Labute approximate surface area is 193 Å². The van der Waals surface area contributed by atoms with Crippen molar-refractivity contribution in [3.63, 3.8) is 0 Å². The number of benzene rings is 3. The first-order valence-electron chi connectivity index (χ1n) is 9.73. The predicted molar refractivity (Wildman–Crippen MR) is 120 cm³/mol. The van der Waals surface area contributed by atoms with E-state index in [9.17, 15) is 21.6 Å². The molecule has 4 rings (SSSR count). The van der Waals surface area contributed by atoms with Gasteiger partial charge in [0.05, 0.1) is 22.5 Å². The van der Waals surface area contributed by atoms with Crippen LogP contribution < -0.4 is 4.74 Å². The van der Waals surface area contributed by atoms with Crippen LogP contribution in [0.2, 0.25) is 5.02 Å². The van der Waals surface area contributed by atoms with Crippen molar-refractivity contribution >= 4 is 32.5 Å². The van der Waals surface area contributed by atoms with E-state index in [4.69, 9.17) is 11.6 Å². The second-order valence-electron chi connectivity index (χ2n) is 7.49. The first kappa shape index (κ1) is 23.1. The summed E-state index contributed by atoms with van der Waals surface area (Å²) in [6.45, 7) is -1.17. The van der Waals surface area contributed by atoms with Gasteiger partial charge < -0.3 is 9.30 Å². The molecule has 0 N–H and O–H groups in total. The van der Waals surface area contributed by atoms with Crippen LogP contribution in [0.25, 0.3) is 22.2 Å². The predicted octanol–water partition coefficient (Wildman–Crippen LogP) is 5.86. The summed E-state index contributed by atoms with van der Waals surface area (Å²) in [6, 6.07) is 13.1. The number of rotatable bonds is 6. The van der Waals surface area contributed by atoms with E-state index in [1.54, 1.807) is 17.6 Å². The number of nitrogens with zero attached hydrogens (tertiary/aromatic N) is 2. The van der Waals surface area contributed by atoms with Crippen molar-refractivity contribution in [2.75, 3.05) is 6.26 Å².